The minimum atomic E-state index is -0.456. The molecule has 0 unspecified atom stereocenters. The first-order valence-corrected chi connectivity index (χ1v) is 7.65. The molecule has 4 nitrogen and oxygen atoms in total. The van der Waals surface area contributed by atoms with Gasteiger partial charge in [0.15, 0.2) is 0 Å². The summed E-state index contributed by atoms with van der Waals surface area (Å²) in [6, 6.07) is 8.56. The molecule has 0 radical (unpaired) electrons. The number of aryl methyl sites for hydroxylation is 1. The molecule has 1 heterocycles. The summed E-state index contributed by atoms with van der Waals surface area (Å²) in [5.74, 6) is -0.384. The van der Waals surface area contributed by atoms with Gasteiger partial charge in [0.25, 0.3) is 11.5 Å². The highest BCUT2D eigenvalue weighted by atomic mass is 35.5. The van der Waals surface area contributed by atoms with Gasteiger partial charge in [0.2, 0.25) is 0 Å². The number of H-pyrrole nitrogens is 1. The maximum absolute atomic E-state index is 12.4. The van der Waals surface area contributed by atoms with E-state index in [-0.39, 0.29) is 17.0 Å². The van der Waals surface area contributed by atoms with E-state index in [9.17, 15) is 9.59 Å². The van der Waals surface area contributed by atoms with E-state index in [1.807, 2.05) is 6.07 Å². The molecule has 114 valence electrons. The highest BCUT2D eigenvalue weighted by Crippen LogP contribution is 2.46. The van der Waals surface area contributed by atoms with E-state index in [1.165, 1.54) is 6.07 Å². The van der Waals surface area contributed by atoms with Gasteiger partial charge in [-0.25, -0.2) is 0 Å². The van der Waals surface area contributed by atoms with Gasteiger partial charge < -0.3 is 10.3 Å². The number of rotatable bonds is 3. The van der Waals surface area contributed by atoms with Crippen molar-refractivity contribution in [3.05, 3.63) is 67.6 Å². The van der Waals surface area contributed by atoms with E-state index in [1.54, 1.807) is 25.1 Å². The lowest BCUT2D eigenvalue weighted by Gasteiger charge is -2.18. The summed E-state index contributed by atoms with van der Waals surface area (Å²) >= 11 is 12.0. The average Bonchev–Trinajstić information content (AvgIpc) is 3.22. The number of halogens is 2. The van der Waals surface area contributed by atoms with Crippen molar-refractivity contribution in [3.8, 4) is 0 Å². The van der Waals surface area contributed by atoms with Crippen LogP contribution in [0.1, 0.15) is 34.5 Å². The molecule has 22 heavy (non-hydrogen) atoms. The zero-order chi connectivity index (χ0) is 15.9. The Balaban J connectivity index is 1.87. The van der Waals surface area contributed by atoms with Crippen LogP contribution in [0.2, 0.25) is 10.0 Å². The predicted octanol–water partition coefficient (Wildman–Crippen LogP) is 3.41. The molecule has 2 N–H and O–H groups in total. The molecule has 3 rings (SSSR count). The first-order valence-electron chi connectivity index (χ1n) is 6.89. The number of hydrogen-bond acceptors (Lipinski definition) is 2. The van der Waals surface area contributed by atoms with Crippen molar-refractivity contribution < 1.29 is 4.79 Å². The molecular weight excluding hydrogens is 323 g/mol. The van der Waals surface area contributed by atoms with E-state index in [2.05, 4.69) is 10.3 Å². The minimum absolute atomic E-state index is 0.108. The highest BCUT2D eigenvalue weighted by molar-refractivity contribution is 6.42. The lowest BCUT2D eigenvalue weighted by Crippen LogP contribution is -2.37. The summed E-state index contributed by atoms with van der Waals surface area (Å²) in [6.07, 6.45) is 1.61. The van der Waals surface area contributed by atoms with Gasteiger partial charge in [-0.3, -0.25) is 9.59 Å². The molecule has 0 atom stereocenters. The van der Waals surface area contributed by atoms with Crippen molar-refractivity contribution >= 4 is 29.1 Å². The lowest BCUT2D eigenvalue weighted by atomic mass is 10.0. The minimum Gasteiger partial charge on any atom is -0.342 e. The SMILES string of the molecule is Cc1ccc(C(=O)NC2(c3ccc(Cl)c(Cl)c3)CC2)c(=O)[nH]1. The molecule has 6 heteroatoms. The highest BCUT2D eigenvalue weighted by Gasteiger charge is 2.46. The van der Waals surface area contributed by atoms with Crippen LogP contribution in [0, 0.1) is 6.92 Å². The normalized spacial score (nSPS) is 15.4. The molecule has 0 spiro atoms. The van der Waals surface area contributed by atoms with Gasteiger partial charge in [0, 0.05) is 5.69 Å². The fourth-order valence-corrected chi connectivity index (χ4v) is 2.74. The van der Waals surface area contributed by atoms with E-state index in [0.29, 0.717) is 15.7 Å². The number of carbonyl (C=O) groups excluding carboxylic acids is 1. The van der Waals surface area contributed by atoms with Gasteiger partial charge in [-0.05, 0) is 49.6 Å². The Morgan fingerprint density at radius 1 is 1.18 bits per heavy atom. The zero-order valence-corrected chi connectivity index (χ0v) is 13.4. The third kappa shape index (κ3) is 2.76. The third-order valence-electron chi connectivity index (χ3n) is 3.87. The second-order valence-corrected chi connectivity index (χ2v) is 6.36. The Bertz CT molecular complexity index is 810. The molecule has 1 aliphatic rings. The Kier molecular flexibility index (Phi) is 3.75. The zero-order valence-electron chi connectivity index (χ0n) is 11.9. The number of carbonyl (C=O) groups is 1. The molecule has 1 amide bonds. The number of aromatic nitrogens is 1. The fraction of sp³-hybridized carbons (Fsp3) is 0.250. The van der Waals surface area contributed by atoms with Crippen LogP contribution in [0.25, 0.3) is 0 Å². The summed E-state index contributed by atoms with van der Waals surface area (Å²) in [5, 5.41) is 3.87. The number of aromatic amines is 1. The van der Waals surface area contributed by atoms with Crippen LogP contribution < -0.4 is 10.9 Å². The molecular formula is C16H14Cl2N2O2. The molecule has 1 aromatic heterocycles. The fourth-order valence-electron chi connectivity index (χ4n) is 2.44. The Labute approximate surface area is 137 Å². The molecule has 2 aromatic rings. The average molecular weight is 337 g/mol. The monoisotopic (exact) mass is 336 g/mol. The number of amides is 1. The van der Waals surface area contributed by atoms with Crippen molar-refractivity contribution in [1.82, 2.24) is 10.3 Å². The van der Waals surface area contributed by atoms with Gasteiger partial charge in [-0.15, -0.1) is 0 Å². The molecule has 0 bridgehead atoms. The van der Waals surface area contributed by atoms with Crippen LogP contribution >= 0.6 is 23.2 Å². The van der Waals surface area contributed by atoms with E-state index in [4.69, 9.17) is 23.2 Å². The maximum atomic E-state index is 12.4. The Hall–Kier alpha value is -1.78. The van der Waals surface area contributed by atoms with Gasteiger partial charge in [-0.2, -0.15) is 0 Å². The van der Waals surface area contributed by atoms with Crippen LogP contribution in [-0.4, -0.2) is 10.9 Å². The number of pyridine rings is 1. The van der Waals surface area contributed by atoms with E-state index >= 15 is 0 Å². The summed E-state index contributed by atoms with van der Waals surface area (Å²) in [5.41, 5.74) is 0.883. The van der Waals surface area contributed by atoms with Crippen molar-refractivity contribution in [2.24, 2.45) is 0 Å². The second kappa shape index (κ2) is 5.45. The van der Waals surface area contributed by atoms with Gasteiger partial charge in [0.05, 0.1) is 15.6 Å². The Morgan fingerprint density at radius 2 is 1.91 bits per heavy atom. The smallest absolute Gasteiger partial charge is 0.260 e. The quantitative estimate of drug-likeness (QED) is 0.902. The summed E-state index contributed by atoms with van der Waals surface area (Å²) < 4.78 is 0. The topological polar surface area (TPSA) is 62.0 Å². The van der Waals surface area contributed by atoms with Crippen LogP contribution in [0.4, 0.5) is 0 Å². The lowest BCUT2D eigenvalue weighted by molar-refractivity contribution is 0.0929. The summed E-state index contributed by atoms with van der Waals surface area (Å²) in [7, 11) is 0. The molecule has 1 aromatic carbocycles. The summed E-state index contributed by atoms with van der Waals surface area (Å²) in [4.78, 5) is 26.9. The Morgan fingerprint density at radius 3 is 2.50 bits per heavy atom. The summed E-state index contributed by atoms with van der Waals surface area (Å²) in [6.45, 7) is 1.77. The molecule has 1 aliphatic carbocycles. The van der Waals surface area contributed by atoms with Gasteiger partial charge >= 0.3 is 0 Å². The largest absolute Gasteiger partial charge is 0.342 e. The van der Waals surface area contributed by atoms with E-state index < -0.39 is 5.54 Å². The molecule has 1 fully saturated rings. The van der Waals surface area contributed by atoms with Crippen LogP contribution in [0.5, 0.6) is 0 Å². The first-order chi connectivity index (χ1) is 10.4. The van der Waals surface area contributed by atoms with Crippen molar-refractivity contribution in [2.75, 3.05) is 0 Å². The van der Waals surface area contributed by atoms with Gasteiger partial charge in [-0.1, -0.05) is 29.3 Å². The standard InChI is InChI=1S/C16H14Cl2N2O2/c1-9-2-4-11(14(21)19-9)15(22)20-16(6-7-16)10-3-5-12(17)13(18)8-10/h2-5,8H,6-7H2,1H3,(H,19,21)(H,20,22). The molecule has 1 saturated carbocycles. The first kappa shape index (κ1) is 15.1. The van der Waals surface area contributed by atoms with Crippen molar-refractivity contribution in [2.45, 2.75) is 25.3 Å². The van der Waals surface area contributed by atoms with Crippen molar-refractivity contribution in [3.63, 3.8) is 0 Å². The van der Waals surface area contributed by atoms with E-state index in [0.717, 1.165) is 18.4 Å². The van der Waals surface area contributed by atoms with Crippen LogP contribution in [-0.2, 0) is 5.54 Å². The van der Waals surface area contributed by atoms with Crippen LogP contribution in [0.3, 0.4) is 0 Å². The van der Waals surface area contributed by atoms with Gasteiger partial charge in [0.1, 0.15) is 5.56 Å². The van der Waals surface area contributed by atoms with Crippen LogP contribution in [0.15, 0.2) is 35.1 Å². The number of benzene rings is 1. The second-order valence-electron chi connectivity index (χ2n) is 5.55. The predicted molar refractivity (Wildman–Crippen MR) is 86.6 cm³/mol. The number of hydrogen-bond donors (Lipinski definition) is 2. The molecule has 0 saturated heterocycles. The number of nitrogens with one attached hydrogen (secondary N) is 2. The van der Waals surface area contributed by atoms with Crippen molar-refractivity contribution in [1.29, 1.82) is 0 Å². The molecule has 0 aliphatic heterocycles. The third-order valence-corrected chi connectivity index (χ3v) is 4.61. The maximum Gasteiger partial charge on any atom is 0.260 e.